The highest BCUT2D eigenvalue weighted by Gasteiger charge is 2.10. The number of aromatic nitrogens is 4. The van der Waals surface area contributed by atoms with Gasteiger partial charge in [0.1, 0.15) is 0 Å². The van der Waals surface area contributed by atoms with E-state index in [1.54, 1.807) is 7.05 Å². The van der Waals surface area contributed by atoms with Crippen LogP contribution in [0.2, 0.25) is 0 Å². The lowest BCUT2D eigenvalue weighted by Gasteiger charge is -2.12. The second-order valence-corrected chi connectivity index (χ2v) is 6.58. The van der Waals surface area contributed by atoms with Crippen molar-refractivity contribution in [2.24, 2.45) is 7.05 Å². The molecule has 0 aliphatic carbocycles. The number of nitrogens with zero attached hydrogens (tertiary/aromatic N) is 4. The van der Waals surface area contributed by atoms with Gasteiger partial charge in [-0.15, -0.1) is 5.10 Å². The zero-order valence-electron chi connectivity index (χ0n) is 14.0. The van der Waals surface area contributed by atoms with Crippen LogP contribution in [-0.4, -0.2) is 43.7 Å². The first-order valence-corrected chi connectivity index (χ1v) is 8.68. The smallest absolute Gasteiger partial charge is 0.217 e. The van der Waals surface area contributed by atoms with Crippen LogP contribution in [0.1, 0.15) is 36.2 Å². The van der Waals surface area contributed by atoms with Gasteiger partial charge in [0.15, 0.2) is 5.78 Å². The summed E-state index contributed by atoms with van der Waals surface area (Å²) in [5.74, 6) is 0.327. The van der Waals surface area contributed by atoms with Crippen molar-refractivity contribution in [2.75, 3.05) is 5.75 Å². The van der Waals surface area contributed by atoms with Crippen LogP contribution in [0.4, 0.5) is 0 Å². The molecule has 0 aliphatic rings. The van der Waals surface area contributed by atoms with Crippen molar-refractivity contribution in [3.63, 3.8) is 0 Å². The molecule has 0 bridgehead atoms. The first-order chi connectivity index (χ1) is 11.5. The average molecular weight is 347 g/mol. The summed E-state index contributed by atoms with van der Waals surface area (Å²) in [4.78, 5) is 23.2. The lowest BCUT2D eigenvalue weighted by Crippen LogP contribution is -2.30. The minimum absolute atomic E-state index is 0.0148. The van der Waals surface area contributed by atoms with E-state index < -0.39 is 0 Å². The van der Waals surface area contributed by atoms with Gasteiger partial charge in [-0.2, -0.15) is 0 Å². The summed E-state index contributed by atoms with van der Waals surface area (Å²) in [6.07, 6.45) is 1.72. The van der Waals surface area contributed by atoms with Crippen molar-refractivity contribution in [1.29, 1.82) is 0 Å². The van der Waals surface area contributed by atoms with Crippen molar-refractivity contribution >= 4 is 23.5 Å². The molecular weight excluding hydrogens is 326 g/mol. The summed E-state index contributed by atoms with van der Waals surface area (Å²) in [5, 5.41) is 14.6. The van der Waals surface area contributed by atoms with Crippen molar-refractivity contribution in [2.45, 2.75) is 37.9 Å². The molecule has 1 heterocycles. The van der Waals surface area contributed by atoms with Gasteiger partial charge in [-0.25, -0.2) is 4.68 Å². The Labute approximate surface area is 145 Å². The highest BCUT2D eigenvalue weighted by molar-refractivity contribution is 7.99. The number of thioether (sulfide) groups is 1. The van der Waals surface area contributed by atoms with Crippen LogP contribution in [0, 0.1) is 0 Å². The molecule has 0 saturated heterocycles. The van der Waals surface area contributed by atoms with Gasteiger partial charge in [-0.05, 0) is 35.8 Å². The molecule has 1 N–H and O–H groups in total. The summed E-state index contributed by atoms with van der Waals surface area (Å²) in [6.45, 7) is 3.50. The van der Waals surface area contributed by atoms with E-state index in [4.69, 9.17) is 0 Å². The molecule has 0 saturated carbocycles. The fraction of sp³-hybridized carbons (Fsp3) is 0.438. The number of tetrazole rings is 1. The van der Waals surface area contributed by atoms with E-state index in [0.717, 1.165) is 18.4 Å². The third-order valence-corrected chi connectivity index (χ3v) is 4.52. The van der Waals surface area contributed by atoms with Gasteiger partial charge in [0.2, 0.25) is 11.1 Å². The number of ketones is 1. The van der Waals surface area contributed by atoms with E-state index in [0.29, 0.717) is 16.5 Å². The van der Waals surface area contributed by atoms with E-state index in [9.17, 15) is 9.59 Å². The van der Waals surface area contributed by atoms with Crippen molar-refractivity contribution < 1.29 is 9.59 Å². The standard InChI is InChI=1S/C16H21N5O2S/c1-11(17-12(2)22)4-5-13-6-8-14(9-7-13)15(23)10-24-16-18-19-20-21(16)3/h6-9,11H,4-5,10H2,1-3H3,(H,17,22)/t11-/m1/s1. The Morgan fingerprint density at radius 3 is 2.58 bits per heavy atom. The monoisotopic (exact) mass is 347 g/mol. The number of amides is 1. The van der Waals surface area contributed by atoms with Crippen LogP contribution >= 0.6 is 11.8 Å². The Morgan fingerprint density at radius 1 is 1.29 bits per heavy atom. The molecule has 0 unspecified atom stereocenters. The Morgan fingerprint density at radius 2 is 2.00 bits per heavy atom. The molecule has 1 aromatic carbocycles. The van der Waals surface area contributed by atoms with Crippen LogP contribution in [0.5, 0.6) is 0 Å². The summed E-state index contributed by atoms with van der Waals surface area (Å²) in [6, 6.07) is 7.75. The topological polar surface area (TPSA) is 89.8 Å². The van der Waals surface area contributed by atoms with Crippen LogP contribution in [0.15, 0.2) is 29.4 Å². The highest BCUT2D eigenvalue weighted by Crippen LogP contribution is 2.16. The van der Waals surface area contributed by atoms with Gasteiger partial charge in [-0.1, -0.05) is 36.0 Å². The molecule has 1 aromatic heterocycles. The lowest BCUT2D eigenvalue weighted by atomic mass is 10.0. The molecule has 2 aromatic rings. The number of benzene rings is 1. The summed E-state index contributed by atoms with van der Waals surface area (Å²) in [5.41, 5.74) is 1.82. The van der Waals surface area contributed by atoms with E-state index in [2.05, 4.69) is 20.8 Å². The minimum Gasteiger partial charge on any atom is -0.354 e. The molecule has 0 spiro atoms. The molecule has 0 fully saturated rings. The zero-order valence-corrected chi connectivity index (χ0v) is 14.8. The second-order valence-electron chi connectivity index (χ2n) is 5.63. The van der Waals surface area contributed by atoms with E-state index in [1.807, 2.05) is 31.2 Å². The first-order valence-electron chi connectivity index (χ1n) is 7.70. The van der Waals surface area contributed by atoms with E-state index in [-0.39, 0.29) is 17.7 Å². The van der Waals surface area contributed by atoms with Gasteiger partial charge < -0.3 is 5.32 Å². The fourth-order valence-electron chi connectivity index (χ4n) is 2.22. The van der Waals surface area contributed by atoms with Crippen LogP contribution in [-0.2, 0) is 18.3 Å². The maximum atomic E-state index is 12.2. The summed E-state index contributed by atoms with van der Waals surface area (Å²) < 4.78 is 1.54. The molecule has 7 nitrogen and oxygen atoms in total. The largest absolute Gasteiger partial charge is 0.354 e. The van der Waals surface area contributed by atoms with Crippen LogP contribution in [0.3, 0.4) is 0 Å². The normalized spacial score (nSPS) is 12.0. The summed E-state index contributed by atoms with van der Waals surface area (Å²) >= 11 is 1.32. The average Bonchev–Trinajstić information content (AvgIpc) is 2.95. The van der Waals surface area contributed by atoms with Gasteiger partial charge >= 0.3 is 0 Å². The van der Waals surface area contributed by atoms with Gasteiger partial charge in [0.25, 0.3) is 0 Å². The predicted octanol–water partition coefficient (Wildman–Crippen LogP) is 1.64. The van der Waals surface area contributed by atoms with Crippen LogP contribution < -0.4 is 5.32 Å². The Kier molecular flexibility index (Phi) is 6.48. The number of Topliss-reactive ketones (excluding diaryl/α,β-unsaturated/α-hetero) is 1. The third kappa shape index (κ3) is 5.45. The second kappa shape index (κ2) is 8.58. The molecule has 1 amide bonds. The third-order valence-electron chi connectivity index (χ3n) is 3.51. The number of rotatable bonds is 8. The van der Waals surface area contributed by atoms with Crippen LogP contribution in [0.25, 0.3) is 0 Å². The molecule has 8 heteroatoms. The number of carbonyl (C=O) groups excluding carboxylic acids is 2. The Balaban J connectivity index is 1.83. The van der Waals surface area contributed by atoms with Gasteiger partial charge in [0.05, 0.1) is 5.75 Å². The van der Waals surface area contributed by atoms with Gasteiger partial charge in [-0.3, -0.25) is 9.59 Å². The SMILES string of the molecule is CC(=O)N[C@H](C)CCc1ccc(C(=O)CSc2nnnn2C)cc1. The fourth-order valence-corrected chi connectivity index (χ4v) is 2.96. The number of aryl methyl sites for hydroxylation is 2. The molecular formula is C16H21N5O2S. The van der Waals surface area contributed by atoms with Crippen molar-refractivity contribution in [3.8, 4) is 0 Å². The molecule has 128 valence electrons. The number of carbonyl (C=O) groups is 2. The highest BCUT2D eigenvalue weighted by atomic mass is 32.2. The maximum absolute atomic E-state index is 12.2. The molecule has 0 radical (unpaired) electrons. The predicted molar refractivity (Wildman–Crippen MR) is 91.9 cm³/mol. The summed E-state index contributed by atoms with van der Waals surface area (Å²) in [7, 11) is 1.74. The molecule has 24 heavy (non-hydrogen) atoms. The molecule has 2 rings (SSSR count). The number of hydrogen-bond acceptors (Lipinski definition) is 6. The number of hydrogen-bond donors (Lipinski definition) is 1. The quantitative estimate of drug-likeness (QED) is 0.577. The van der Waals surface area contributed by atoms with Gasteiger partial charge in [0, 0.05) is 25.6 Å². The number of nitrogens with one attached hydrogen (secondary N) is 1. The zero-order chi connectivity index (χ0) is 17.5. The maximum Gasteiger partial charge on any atom is 0.217 e. The first kappa shape index (κ1) is 18.1. The Hall–Kier alpha value is -2.22. The van der Waals surface area contributed by atoms with E-state index >= 15 is 0 Å². The lowest BCUT2D eigenvalue weighted by molar-refractivity contribution is -0.119. The molecule has 1 atom stereocenters. The minimum atomic E-state index is -0.0148. The Bertz CT molecular complexity index is 699. The van der Waals surface area contributed by atoms with Crippen molar-refractivity contribution in [3.05, 3.63) is 35.4 Å². The molecule has 0 aliphatic heterocycles. The van der Waals surface area contributed by atoms with Crippen molar-refractivity contribution in [1.82, 2.24) is 25.5 Å². The van der Waals surface area contributed by atoms with E-state index in [1.165, 1.54) is 23.4 Å².